The van der Waals surface area contributed by atoms with E-state index in [1.54, 1.807) is 30.3 Å². The van der Waals surface area contributed by atoms with Gasteiger partial charge in [-0.2, -0.15) is 0 Å². The van der Waals surface area contributed by atoms with Crippen molar-refractivity contribution in [3.05, 3.63) is 47.4 Å². The normalized spacial score (nSPS) is 9.81. The largest absolute Gasteiger partial charge is 0.340 e. The Balaban J connectivity index is 2.17. The molecule has 80 valence electrons. The third kappa shape index (κ3) is 2.55. The lowest BCUT2D eigenvalue weighted by Gasteiger charge is -2.04. The summed E-state index contributed by atoms with van der Waals surface area (Å²) in [5, 5.41) is 3.42. The van der Waals surface area contributed by atoms with Crippen LogP contribution in [0.25, 0.3) is 0 Å². The van der Waals surface area contributed by atoms with Crippen LogP contribution in [0.3, 0.4) is 0 Å². The summed E-state index contributed by atoms with van der Waals surface area (Å²) in [6.45, 7) is 0. The number of carbonyl (C=O) groups is 1. The number of hydrogen-bond acceptors (Lipinski definition) is 4. The Morgan fingerprint density at radius 1 is 1.19 bits per heavy atom. The molecule has 0 saturated carbocycles. The molecule has 4 nitrogen and oxygen atoms in total. The van der Waals surface area contributed by atoms with Crippen molar-refractivity contribution >= 4 is 29.4 Å². The lowest BCUT2D eigenvalue weighted by Crippen LogP contribution is -1.94. The summed E-state index contributed by atoms with van der Waals surface area (Å²) in [5.74, 6) is 0.610. The number of nitrogens with zero attached hydrogens (tertiary/aromatic N) is 2. The van der Waals surface area contributed by atoms with Gasteiger partial charge < -0.3 is 5.32 Å². The van der Waals surface area contributed by atoms with Gasteiger partial charge in [-0.15, -0.1) is 0 Å². The van der Waals surface area contributed by atoms with Crippen molar-refractivity contribution in [2.75, 3.05) is 5.32 Å². The average molecular weight is 234 g/mol. The molecule has 0 bridgehead atoms. The van der Waals surface area contributed by atoms with Crippen LogP contribution in [0.2, 0.25) is 5.15 Å². The summed E-state index contributed by atoms with van der Waals surface area (Å²) < 4.78 is 0. The summed E-state index contributed by atoms with van der Waals surface area (Å²) in [6, 6.07) is 8.64. The quantitative estimate of drug-likeness (QED) is 0.654. The standard InChI is InChI=1S/C11H8ClN3O/c12-10-5-11(14-7-13-10)15-9-3-1-8(6-16)2-4-9/h1-7H,(H,13,14,15). The predicted octanol–water partition coefficient (Wildman–Crippen LogP) is 2.69. The molecule has 0 radical (unpaired) electrons. The Morgan fingerprint density at radius 2 is 1.94 bits per heavy atom. The second-order valence-electron chi connectivity index (χ2n) is 3.09. The second-order valence-corrected chi connectivity index (χ2v) is 3.48. The molecule has 2 aromatic rings. The van der Waals surface area contributed by atoms with E-state index in [1.807, 2.05) is 0 Å². The topological polar surface area (TPSA) is 54.9 Å². The van der Waals surface area contributed by atoms with Gasteiger partial charge in [-0.1, -0.05) is 11.6 Å². The Hall–Kier alpha value is -1.94. The molecular formula is C11H8ClN3O. The number of carbonyl (C=O) groups excluding carboxylic acids is 1. The summed E-state index contributed by atoms with van der Waals surface area (Å²) in [5.41, 5.74) is 1.46. The van der Waals surface area contributed by atoms with Gasteiger partial charge in [-0.05, 0) is 24.3 Å². The molecule has 0 spiro atoms. The number of benzene rings is 1. The minimum Gasteiger partial charge on any atom is -0.340 e. The molecule has 0 amide bonds. The number of aldehydes is 1. The molecule has 16 heavy (non-hydrogen) atoms. The molecule has 0 aliphatic heterocycles. The highest BCUT2D eigenvalue weighted by Crippen LogP contribution is 2.16. The molecule has 0 aliphatic rings. The van der Waals surface area contributed by atoms with Crippen LogP contribution in [0.1, 0.15) is 10.4 Å². The van der Waals surface area contributed by atoms with E-state index in [-0.39, 0.29) is 0 Å². The summed E-state index contributed by atoms with van der Waals surface area (Å²) in [4.78, 5) is 18.2. The van der Waals surface area contributed by atoms with E-state index in [4.69, 9.17) is 11.6 Å². The molecule has 1 N–H and O–H groups in total. The Kier molecular flexibility index (Phi) is 3.12. The highest BCUT2D eigenvalue weighted by atomic mass is 35.5. The van der Waals surface area contributed by atoms with Crippen molar-refractivity contribution in [3.63, 3.8) is 0 Å². The summed E-state index contributed by atoms with van der Waals surface area (Å²) >= 11 is 5.72. The zero-order valence-electron chi connectivity index (χ0n) is 8.22. The summed E-state index contributed by atoms with van der Waals surface area (Å²) in [7, 11) is 0. The molecule has 1 aromatic heterocycles. The van der Waals surface area contributed by atoms with Crippen LogP contribution in [0.15, 0.2) is 36.7 Å². The lowest BCUT2D eigenvalue weighted by molar-refractivity contribution is 0.112. The monoisotopic (exact) mass is 233 g/mol. The average Bonchev–Trinajstić information content (AvgIpc) is 2.30. The van der Waals surface area contributed by atoms with E-state index < -0.39 is 0 Å². The fourth-order valence-corrected chi connectivity index (χ4v) is 1.34. The van der Waals surface area contributed by atoms with Crippen LogP contribution < -0.4 is 5.32 Å². The van der Waals surface area contributed by atoms with Crippen molar-refractivity contribution in [2.45, 2.75) is 0 Å². The fourth-order valence-electron chi connectivity index (χ4n) is 1.19. The number of hydrogen-bond donors (Lipinski definition) is 1. The van der Waals surface area contributed by atoms with Gasteiger partial charge in [0.15, 0.2) is 0 Å². The minimum absolute atomic E-state index is 0.377. The number of aromatic nitrogens is 2. The van der Waals surface area contributed by atoms with Crippen LogP contribution in [-0.2, 0) is 0 Å². The minimum atomic E-state index is 0.377. The van der Waals surface area contributed by atoms with Crippen LogP contribution in [0.4, 0.5) is 11.5 Å². The molecule has 2 rings (SSSR count). The molecule has 1 aromatic carbocycles. The van der Waals surface area contributed by atoms with Gasteiger partial charge in [0.1, 0.15) is 23.6 Å². The Bertz CT molecular complexity index is 499. The second kappa shape index (κ2) is 4.72. The maximum atomic E-state index is 10.5. The third-order valence-electron chi connectivity index (χ3n) is 1.95. The molecule has 0 saturated heterocycles. The van der Waals surface area contributed by atoms with Crippen LogP contribution in [-0.4, -0.2) is 16.3 Å². The van der Waals surface area contributed by atoms with E-state index in [9.17, 15) is 4.79 Å². The van der Waals surface area contributed by atoms with Crippen molar-refractivity contribution in [2.24, 2.45) is 0 Å². The van der Waals surface area contributed by atoms with E-state index in [1.165, 1.54) is 6.33 Å². The van der Waals surface area contributed by atoms with E-state index in [0.717, 1.165) is 12.0 Å². The Morgan fingerprint density at radius 3 is 2.56 bits per heavy atom. The molecule has 1 heterocycles. The van der Waals surface area contributed by atoms with Crippen molar-refractivity contribution in [1.29, 1.82) is 0 Å². The molecule has 5 heteroatoms. The van der Waals surface area contributed by atoms with Gasteiger partial charge in [0.25, 0.3) is 0 Å². The van der Waals surface area contributed by atoms with Crippen molar-refractivity contribution in [3.8, 4) is 0 Å². The number of halogens is 1. The van der Waals surface area contributed by atoms with Crippen molar-refractivity contribution in [1.82, 2.24) is 9.97 Å². The number of anilines is 2. The first kappa shape index (κ1) is 10.6. The molecular weight excluding hydrogens is 226 g/mol. The predicted molar refractivity (Wildman–Crippen MR) is 62.2 cm³/mol. The van der Waals surface area contributed by atoms with Gasteiger partial charge in [0.05, 0.1) is 0 Å². The van der Waals surface area contributed by atoms with Gasteiger partial charge in [-0.25, -0.2) is 9.97 Å². The first-order valence-corrected chi connectivity index (χ1v) is 4.95. The zero-order chi connectivity index (χ0) is 11.4. The lowest BCUT2D eigenvalue weighted by atomic mass is 10.2. The maximum Gasteiger partial charge on any atom is 0.150 e. The maximum absolute atomic E-state index is 10.5. The SMILES string of the molecule is O=Cc1ccc(Nc2cc(Cl)ncn2)cc1. The fraction of sp³-hybridized carbons (Fsp3) is 0. The highest BCUT2D eigenvalue weighted by molar-refractivity contribution is 6.29. The van der Waals surface area contributed by atoms with Crippen LogP contribution in [0.5, 0.6) is 0 Å². The number of rotatable bonds is 3. The Labute approximate surface area is 97.3 Å². The van der Waals surface area contributed by atoms with E-state index in [2.05, 4.69) is 15.3 Å². The van der Waals surface area contributed by atoms with Gasteiger partial charge >= 0.3 is 0 Å². The number of nitrogens with one attached hydrogen (secondary N) is 1. The molecule has 0 unspecified atom stereocenters. The van der Waals surface area contributed by atoms with Gasteiger partial charge in [-0.3, -0.25) is 4.79 Å². The van der Waals surface area contributed by atoms with E-state index >= 15 is 0 Å². The molecule has 0 atom stereocenters. The van der Waals surface area contributed by atoms with Gasteiger partial charge in [0.2, 0.25) is 0 Å². The first-order chi connectivity index (χ1) is 7.78. The first-order valence-electron chi connectivity index (χ1n) is 4.58. The van der Waals surface area contributed by atoms with Gasteiger partial charge in [0, 0.05) is 17.3 Å². The van der Waals surface area contributed by atoms with E-state index in [0.29, 0.717) is 16.5 Å². The molecule has 0 aliphatic carbocycles. The smallest absolute Gasteiger partial charge is 0.150 e. The summed E-state index contributed by atoms with van der Waals surface area (Å²) in [6.07, 6.45) is 2.18. The van der Waals surface area contributed by atoms with Crippen LogP contribution in [0, 0.1) is 0 Å². The molecule has 0 fully saturated rings. The van der Waals surface area contributed by atoms with Crippen molar-refractivity contribution < 1.29 is 4.79 Å². The van der Waals surface area contributed by atoms with Crippen LogP contribution >= 0.6 is 11.6 Å². The third-order valence-corrected chi connectivity index (χ3v) is 2.16. The highest BCUT2D eigenvalue weighted by Gasteiger charge is 1.97. The zero-order valence-corrected chi connectivity index (χ0v) is 8.98.